The van der Waals surface area contributed by atoms with E-state index in [0.717, 1.165) is 32.9 Å². The average molecular weight is 1960 g/mol. The molecule has 2 bridgehead atoms. The molecule has 12 fully saturated rings. The number of ether oxygens (including phenoxy) is 14. The van der Waals surface area contributed by atoms with E-state index in [4.69, 9.17) is 18.9 Å². The van der Waals surface area contributed by atoms with Crippen LogP contribution in [0.5, 0.6) is 0 Å². The lowest BCUT2D eigenvalue weighted by Gasteiger charge is -2.34. The molecule has 0 amide bonds. The third-order valence-electron chi connectivity index (χ3n) is 26.9. The Labute approximate surface area is 784 Å². The predicted octanol–water partition coefficient (Wildman–Crippen LogP) is -1.02. The van der Waals surface area contributed by atoms with Crippen LogP contribution in [0.1, 0.15) is 136 Å². The van der Waals surface area contributed by atoms with Crippen LogP contribution >= 0.6 is 0 Å². The van der Waals surface area contributed by atoms with E-state index in [-0.39, 0.29) is 116 Å². The van der Waals surface area contributed by atoms with Crippen LogP contribution < -0.4 is 43.2 Å². The molecule has 4 aliphatic carbocycles. The molecule has 12 atom stereocenters. The van der Waals surface area contributed by atoms with Gasteiger partial charge in [-0.2, -0.15) is 0 Å². The highest BCUT2D eigenvalue weighted by molar-refractivity contribution is 7.20. The second kappa shape index (κ2) is 35.3. The lowest BCUT2D eigenvalue weighted by molar-refractivity contribution is -0.174. The van der Waals surface area contributed by atoms with Crippen molar-refractivity contribution in [3.8, 4) is 0 Å². The molecule has 8 saturated heterocycles. The largest absolute Gasteiger partial charge is 0.458 e. The summed E-state index contributed by atoms with van der Waals surface area (Å²) in [6.07, 6.45) is 0.870. The standard InChI is InChI=1S/C28H16O6Si.C20H10O10.2C10H8O6.C10H2O6.C9H6O6.C8H4O6/c29-25-21-13-11-19(15-23(21)27(31)33-25)35(17-7-3-1-4-8-17,18-9-5-2-6-10-18)20-12-14-22-24(16-20)28(32)34-26(22)30;21-15(9-1-3-11-13(7-9)19(25)29-17(11)23)27-5-6-28-16(22)10-2-4-12-14(8-10)20(26)30-18(12)24;11-6-2-3-4-1-5(7(3)10(14)15-6)9(13)16-8(4)12;2*11-7-3-1-4-6(10(14)16-8(4)12)2-5(3)9(13)15-7;10-6-2-1-3-5(4(2)8(12)14-6)9(13)15-7(3)11;9-5-1-2(6(10)13-5)4-3(1)7(11)14-8(4)12/h1-16H;1-4,7-8H,5-6H2;3-5,7H,1-2H2;3-6H,1-2H2;1-2H;2-5H,1H2;1-4H. The van der Waals surface area contributed by atoms with Gasteiger partial charge in [-0.15, -0.1) is 0 Å². The van der Waals surface area contributed by atoms with E-state index in [0.29, 0.717) is 6.42 Å². The third kappa shape index (κ3) is 15.6. The maximum atomic E-state index is 12.5. The maximum Gasteiger partial charge on any atom is 0.346 e. The Morgan fingerprint density at radius 3 is 0.845 bits per heavy atom. The molecule has 12 unspecified atom stereocenters. The van der Waals surface area contributed by atoms with Crippen LogP contribution in [0.4, 0.5) is 0 Å². The first-order chi connectivity index (χ1) is 67.8. The molecule has 0 N–H and O–H groups in total. The quantitative estimate of drug-likeness (QED) is 0.0417. The van der Waals surface area contributed by atoms with Gasteiger partial charge in [0, 0.05) is 0 Å². The van der Waals surface area contributed by atoms with E-state index in [9.17, 15) is 144 Å². The number of carbonyl (C=O) groups excluding carboxylic acids is 26. The van der Waals surface area contributed by atoms with E-state index < -0.39 is 280 Å². The van der Waals surface area contributed by atoms with Crippen molar-refractivity contribution in [2.45, 2.75) is 32.1 Å². The van der Waals surface area contributed by atoms with Crippen molar-refractivity contribution in [3.05, 3.63) is 243 Å². The van der Waals surface area contributed by atoms with Gasteiger partial charge in [0.25, 0.3) is 0 Å². The van der Waals surface area contributed by atoms with Gasteiger partial charge in [-0.05, 0) is 125 Å². The number of esters is 26. The molecule has 4 saturated carbocycles. The lowest BCUT2D eigenvalue weighted by atomic mass is 9.59. The summed E-state index contributed by atoms with van der Waals surface area (Å²) in [5.41, 5.74) is -2.31. The fraction of sp³-hybridized carbons (Fsp3) is 0.242. The van der Waals surface area contributed by atoms with Gasteiger partial charge in [-0.3, -0.25) is 76.7 Å². The minimum absolute atomic E-state index is 0.0138. The zero-order chi connectivity index (χ0) is 101. The van der Waals surface area contributed by atoms with Crippen molar-refractivity contribution in [3.63, 3.8) is 0 Å². The van der Waals surface area contributed by atoms with Gasteiger partial charge in [0.15, 0.2) is 8.07 Å². The molecular formula is C95H54O46Si. The van der Waals surface area contributed by atoms with Crippen molar-refractivity contribution >= 4 is 206 Å². The van der Waals surface area contributed by atoms with Gasteiger partial charge >= 0.3 is 178 Å². The topological polar surface area (TPSA) is 668 Å². The molecule has 142 heavy (non-hydrogen) atoms. The summed E-state index contributed by atoms with van der Waals surface area (Å²) < 4.78 is 72.8. The maximum absolute atomic E-state index is 12.5. The SMILES string of the molecule is O=C(OCCOC(=O)c1ccc2c(c1)C(=O)OC2=O)c1ccc2c(c1)C(=O)OC2=O.O=C1CC2C3CC(C(=O)OC3=O)C2C(=O)O1.O=C1OC(=O)C2C1C1C(=O)OC(=O)C21.O=C1OC(=O)C2C1CC1C(=O)OC(=O)C12.O=C1OC(=O)C2CC3C(=O)OC(=O)C3CC12.O=C1OC(=O)c2cc([Si](c3ccccc3)(c3ccccc3)c3ccc4c(c3)C(=O)OC4=O)ccc21.O=c1oc(=O)c2cc3c(=O)oc(=O)c3cc12. The Balaban J connectivity index is 0.000000108. The molecule has 2 aromatic heterocycles. The minimum Gasteiger partial charge on any atom is -0.458 e. The van der Waals surface area contributed by atoms with E-state index in [2.05, 4.69) is 56.2 Å². The summed E-state index contributed by atoms with van der Waals surface area (Å²) in [5.74, 6) is -28.5. The molecule has 7 aromatic carbocycles. The number of furan rings is 2. The predicted molar refractivity (Wildman–Crippen MR) is 444 cm³/mol. The molecule has 47 heteroatoms. The summed E-state index contributed by atoms with van der Waals surface area (Å²) in [6, 6.07) is 39.9. The number of fused-ring (bicyclic) bond motifs is 20. The van der Waals surface area contributed by atoms with Crippen LogP contribution in [0.3, 0.4) is 0 Å². The van der Waals surface area contributed by atoms with Crippen molar-refractivity contribution < 1.29 is 200 Å². The monoisotopic (exact) mass is 1960 g/mol. The minimum atomic E-state index is -3.13. The van der Waals surface area contributed by atoms with Gasteiger partial charge in [0.1, 0.15) is 13.2 Å². The van der Waals surface area contributed by atoms with Crippen LogP contribution in [0.2, 0.25) is 0 Å². The number of carbonyl (C=O) groups is 26. The van der Waals surface area contributed by atoms with Crippen LogP contribution in [0.25, 0.3) is 21.5 Å². The molecule has 0 spiro atoms. The molecular weight excluding hydrogens is 1910 g/mol. The van der Waals surface area contributed by atoms with E-state index in [1.54, 1.807) is 24.3 Å². The summed E-state index contributed by atoms with van der Waals surface area (Å²) >= 11 is 0. The first kappa shape index (κ1) is 92.7. The van der Waals surface area contributed by atoms with Crippen molar-refractivity contribution in [1.82, 2.24) is 0 Å². The van der Waals surface area contributed by atoms with E-state index in [1.807, 2.05) is 72.8 Å². The highest BCUT2D eigenvalue weighted by atomic mass is 28.3. The van der Waals surface area contributed by atoms with E-state index in [1.165, 1.54) is 36.4 Å². The lowest BCUT2D eigenvalue weighted by Crippen LogP contribution is -2.74. The molecule has 12 aliphatic heterocycles. The Morgan fingerprint density at radius 1 is 0.239 bits per heavy atom. The highest BCUT2D eigenvalue weighted by Gasteiger charge is 2.73. The van der Waals surface area contributed by atoms with Crippen LogP contribution in [-0.2, 0) is 143 Å². The normalized spacial score (nSPS) is 26.0. The molecule has 714 valence electrons. The van der Waals surface area contributed by atoms with Gasteiger partial charge in [0.2, 0.25) is 0 Å². The fourth-order valence-corrected chi connectivity index (χ4v) is 25.0. The zero-order valence-corrected chi connectivity index (χ0v) is 72.3. The number of cyclic esters (lactones) is 24. The Bertz CT molecular complexity index is 7110. The smallest absolute Gasteiger partial charge is 0.346 e. The number of hydrogen-bond acceptors (Lipinski definition) is 46. The second-order valence-electron chi connectivity index (χ2n) is 34.1. The number of rotatable bonds is 9. The summed E-state index contributed by atoms with van der Waals surface area (Å²) in [7, 11) is -3.13. The first-order valence-electron chi connectivity index (χ1n) is 42.6. The fourth-order valence-electron chi connectivity index (χ4n) is 20.3. The number of benzene rings is 7. The molecule has 0 radical (unpaired) electrons. The van der Waals surface area contributed by atoms with Crippen molar-refractivity contribution in [2.24, 2.45) is 94.7 Å². The molecule has 9 aromatic rings. The van der Waals surface area contributed by atoms with Crippen molar-refractivity contribution in [1.29, 1.82) is 0 Å². The highest BCUT2D eigenvalue weighted by Crippen LogP contribution is 2.56. The van der Waals surface area contributed by atoms with Crippen LogP contribution in [0, 0.1) is 94.7 Å². The summed E-state index contributed by atoms with van der Waals surface area (Å²) in [5, 5.41) is 3.59. The zero-order valence-electron chi connectivity index (χ0n) is 71.3. The van der Waals surface area contributed by atoms with Gasteiger partial charge in [0.05, 0.1) is 172 Å². The summed E-state index contributed by atoms with van der Waals surface area (Å²) in [4.78, 5) is 344. The molecule has 16 aliphatic rings. The Kier molecular flexibility index (Phi) is 23.1. The first-order valence-corrected chi connectivity index (χ1v) is 44.6. The Morgan fingerprint density at radius 2 is 0.500 bits per heavy atom. The van der Waals surface area contributed by atoms with Gasteiger partial charge < -0.3 is 75.2 Å². The van der Waals surface area contributed by atoms with Crippen LogP contribution in [0.15, 0.2) is 174 Å². The molecule has 25 rings (SSSR count). The van der Waals surface area contributed by atoms with E-state index >= 15 is 0 Å². The average Bonchev–Trinajstić information content (AvgIpc) is 1.50. The number of hydrogen-bond donors (Lipinski definition) is 0. The third-order valence-corrected chi connectivity index (χ3v) is 31.6. The molecule has 14 heterocycles. The summed E-state index contributed by atoms with van der Waals surface area (Å²) in [6.45, 7) is -0.562. The van der Waals surface area contributed by atoms with Gasteiger partial charge in [-0.1, -0.05) is 72.8 Å². The Hall–Kier alpha value is -18.3. The molecule has 46 nitrogen and oxygen atoms in total. The second-order valence-corrected chi connectivity index (χ2v) is 37.9. The van der Waals surface area contributed by atoms with Crippen molar-refractivity contribution in [2.75, 3.05) is 13.2 Å². The van der Waals surface area contributed by atoms with Gasteiger partial charge in [-0.25, -0.2) is 67.1 Å². The van der Waals surface area contributed by atoms with Crippen LogP contribution in [-0.4, -0.2) is 176 Å².